The van der Waals surface area contributed by atoms with Crippen LogP contribution in [0, 0.1) is 12.8 Å². The fourth-order valence-electron chi connectivity index (χ4n) is 2.05. The highest BCUT2D eigenvalue weighted by molar-refractivity contribution is 9.10. The Morgan fingerprint density at radius 1 is 1.39 bits per heavy atom. The number of amides is 1. The van der Waals surface area contributed by atoms with Crippen LogP contribution in [0.2, 0.25) is 0 Å². The van der Waals surface area contributed by atoms with Crippen molar-refractivity contribution < 1.29 is 4.79 Å². The summed E-state index contributed by atoms with van der Waals surface area (Å²) in [6.45, 7) is 3.90. The summed E-state index contributed by atoms with van der Waals surface area (Å²) in [5, 5.41) is 6.26. The Morgan fingerprint density at radius 3 is 2.67 bits per heavy atom. The first-order valence-corrected chi connectivity index (χ1v) is 6.74. The summed E-state index contributed by atoms with van der Waals surface area (Å²) in [5.74, 6) is 0.299. The summed E-state index contributed by atoms with van der Waals surface area (Å²) in [6.07, 6.45) is 1.86. The van der Waals surface area contributed by atoms with E-state index >= 15 is 0 Å². The second-order valence-corrected chi connectivity index (χ2v) is 5.33. The highest BCUT2D eigenvalue weighted by atomic mass is 79.9. The van der Waals surface area contributed by atoms with Crippen molar-refractivity contribution in [3.8, 4) is 0 Å². The Kier molecular flexibility index (Phi) is 6.12. The van der Waals surface area contributed by atoms with E-state index in [1.165, 1.54) is 0 Å². The molecule has 1 amide bonds. The van der Waals surface area contributed by atoms with Crippen LogP contribution in [-0.2, 0) is 4.79 Å². The lowest BCUT2D eigenvalue weighted by Crippen LogP contribution is -2.34. The van der Waals surface area contributed by atoms with Crippen molar-refractivity contribution in [1.82, 2.24) is 5.32 Å². The van der Waals surface area contributed by atoms with Crippen molar-refractivity contribution in [2.75, 3.05) is 18.4 Å². The molecule has 5 heteroatoms. The molecular formula is C13H18BrClN2O. The average Bonchev–Trinajstić information content (AvgIpc) is 2.35. The molecule has 1 aromatic rings. The first-order chi connectivity index (χ1) is 8.16. The van der Waals surface area contributed by atoms with Crippen LogP contribution in [0.1, 0.15) is 18.4 Å². The monoisotopic (exact) mass is 332 g/mol. The second kappa shape index (κ2) is 7.12. The Morgan fingerprint density at radius 2 is 2.06 bits per heavy atom. The third-order valence-electron chi connectivity index (χ3n) is 3.14. The van der Waals surface area contributed by atoms with Crippen LogP contribution in [-0.4, -0.2) is 19.0 Å². The highest BCUT2D eigenvalue weighted by Crippen LogP contribution is 2.21. The van der Waals surface area contributed by atoms with Crippen LogP contribution in [0.25, 0.3) is 0 Å². The molecule has 0 radical (unpaired) electrons. The molecule has 3 nitrogen and oxygen atoms in total. The summed E-state index contributed by atoms with van der Waals surface area (Å²) in [6, 6.07) is 5.88. The molecule has 0 aromatic heterocycles. The predicted molar refractivity (Wildman–Crippen MR) is 80.4 cm³/mol. The normalized spacial score (nSPS) is 15.9. The van der Waals surface area contributed by atoms with Gasteiger partial charge < -0.3 is 10.6 Å². The maximum absolute atomic E-state index is 12.0. The molecule has 1 aliphatic rings. The molecule has 2 rings (SSSR count). The molecule has 1 aliphatic heterocycles. The van der Waals surface area contributed by atoms with Gasteiger partial charge in [-0.25, -0.2) is 0 Å². The third-order valence-corrected chi connectivity index (χ3v) is 4.03. The van der Waals surface area contributed by atoms with Crippen molar-refractivity contribution in [3.63, 3.8) is 0 Å². The number of hydrogen-bond donors (Lipinski definition) is 2. The summed E-state index contributed by atoms with van der Waals surface area (Å²) >= 11 is 3.45. The molecular weight excluding hydrogens is 316 g/mol. The molecule has 0 spiro atoms. The molecule has 100 valence electrons. The SMILES string of the molecule is Cc1cc(NC(=O)C2CCNCC2)ccc1Br.Cl. The van der Waals surface area contributed by atoms with E-state index in [1.54, 1.807) is 0 Å². The van der Waals surface area contributed by atoms with Crippen LogP contribution < -0.4 is 10.6 Å². The number of anilines is 1. The number of carbonyl (C=O) groups is 1. The van der Waals surface area contributed by atoms with Gasteiger partial charge in [0.2, 0.25) is 5.91 Å². The molecule has 0 bridgehead atoms. The zero-order valence-corrected chi connectivity index (χ0v) is 12.7. The summed E-state index contributed by atoms with van der Waals surface area (Å²) < 4.78 is 1.07. The number of rotatable bonds is 2. The quantitative estimate of drug-likeness (QED) is 0.873. The van der Waals surface area contributed by atoms with Gasteiger partial charge in [-0.05, 0) is 56.6 Å². The lowest BCUT2D eigenvalue weighted by Gasteiger charge is -2.21. The second-order valence-electron chi connectivity index (χ2n) is 4.48. The Labute approximate surface area is 122 Å². The smallest absolute Gasteiger partial charge is 0.227 e. The molecule has 0 saturated carbocycles. The largest absolute Gasteiger partial charge is 0.326 e. The van der Waals surface area contributed by atoms with Crippen LogP contribution in [0.15, 0.2) is 22.7 Å². The molecule has 0 unspecified atom stereocenters. The molecule has 2 N–H and O–H groups in total. The van der Waals surface area contributed by atoms with E-state index < -0.39 is 0 Å². The number of benzene rings is 1. The van der Waals surface area contributed by atoms with Gasteiger partial charge in [-0.15, -0.1) is 12.4 Å². The van der Waals surface area contributed by atoms with E-state index in [2.05, 4.69) is 26.6 Å². The minimum atomic E-state index is 0. The maximum Gasteiger partial charge on any atom is 0.227 e. The van der Waals surface area contributed by atoms with E-state index in [9.17, 15) is 4.79 Å². The molecule has 1 fully saturated rings. The standard InChI is InChI=1S/C13H17BrN2O.ClH/c1-9-8-11(2-3-12(9)14)16-13(17)10-4-6-15-7-5-10;/h2-3,8,10,15H,4-7H2,1H3,(H,16,17);1H. The Balaban J connectivity index is 0.00000162. The van der Waals surface area contributed by atoms with Crippen molar-refractivity contribution in [2.24, 2.45) is 5.92 Å². The van der Waals surface area contributed by atoms with Crippen LogP contribution in [0.4, 0.5) is 5.69 Å². The van der Waals surface area contributed by atoms with Gasteiger partial charge in [0.15, 0.2) is 0 Å². The first-order valence-electron chi connectivity index (χ1n) is 5.94. The van der Waals surface area contributed by atoms with Gasteiger partial charge in [-0.3, -0.25) is 4.79 Å². The zero-order chi connectivity index (χ0) is 12.3. The minimum Gasteiger partial charge on any atom is -0.326 e. The summed E-state index contributed by atoms with van der Waals surface area (Å²) in [5.41, 5.74) is 2.02. The van der Waals surface area contributed by atoms with Crippen molar-refractivity contribution >= 4 is 39.9 Å². The van der Waals surface area contributed by atoms with Crippen molar-refractivity contribution in [3.05, 3.63) is 28.2 Å². The maximum atomic E-state index is 12.0. The first kappa shape index (κ1) is 15.5. The average molecular weight is 334 g/mol. The molecule has 18 heavy (non-hydrogen) atoms. The van der Waals surface area contributed by atoms with Crippen molar-refractivity contribution in [2.45, 2.75) is 19.8 Å². The lowest BCUT2D eigenvalue weighted by molar-refractivity contribution is -0.120. The van der Waals surface area contributed by atoms with E-state index in [-0.39, 0.29) is 24.2 Å². The van der Waals surface area contributed by atoms with Gasteiger partial charge in [-0.2, -0.15) is 0 Å². The third kappa shape index (κ3) is 3.97. The van der Waals surface area contributed by atoms with Crippen LogP contribution in [0.5, 0.6) is 0 Å². The summed E-state index contributed by atoms with van der Waals surface area (Å²) in [7, 11) is 0. The van der Waals surface area contributed by atoms with Gasteiger partial charge in [0, 0.05) is 16.1 Å². The van der Waals surface area contributed by atoms with Crippen molar-refractivity contribution in [1.29, 1.82) is 0 Å². The Bertz CT molecular complexity index is 419. The molecule has 1 saturated heterocycles. The van der Waals surface area contributed by atoms with Crippen LogP contribution >= 0.6 is 28.3 Å². The fraction of sp³-hybridized carbons (Fsp3) is 0.462. The van der Waals surface area contributed by atoms with Gasteiger partial charge in [-0.1, -0.05) is 15.9 Å². The van der Waals surface area contributed by atoms with Gasteiger partial charge in [0.05, 0.1) is 0 Å². The number of hydrogen-bond acceptors (Lipinski definition) is 2. The zero-order valence-electron chi connectivity index (χ0n) is 10.3. The Hall–Kier alpha value is -0.580. The fourth-order valence-corrected chi connectivity index (χ4v) is 2.30. The molecule has 0 atom stereocenters. The highest BCUT2D eigenvalue weighted by Gasteiger charge is 2.20. The molecule has 1 aromatic carbocycles. The number of carbonyl (C=O) groups excluding carboxylic acids is 1. The summed E-state index contributed by atoms with van der Waals surface area (Å²) in [4.78, 5) is 12.0. The number of nitrogens with one attached hydrogen (secondary N) is 2. The van der Waals surface area contributed by atoms with Gasteiger partial charge >= 0.3 is 0 Å². The lowest BCUT2D eigenvalue weighted by atomic mass is 9.97. The number of halogens is 2. The molecule has 1 heterocycles. The van der Waals surface area contributed by atoms with E-state index in [0.29, 0.717) is 0 Å². The molecule has 0 aliphatic carbocycles. The van der Waals surface area contributed by atoms with Gasteiger partial charge in [0.1, 0.15) is 0 Å². The predicted octanol–water partition coefficient (Wildman–Crippen LogP) is 3.12. The minimum absolute atomic E-state index is 0. The van der Waals surface area contributed by atoms with E-state index in [4.69, 9.17) is 0 Å². The van der Waals surface area contributed by atoms with E-state index in [0.717, 1.165) is 41.7 Å². The number of aryl methyl sites for hydroxylation is 1. The van der Waals surface area contributed by atoms with Crippen LogP contribution in [0.3, 0.4) is 0 Å². The number of piperidine rings is 1. The van der Waals surface area contributed by atoms with Gasteiger partial charge in [0.25, 0.3) is 0 Å². The van der Waals surface area contributed by atoms with E-state index in [1.807, 2.05) is 25.1 Å². The topological polar surface area (TPSA) is 41.1 Å².